The van der Waals surface area contributed by atoms with E-state index in [1.54, 1.807) is 19.0 Å². The maximum absolute atomic E-state index is 12.0. The number of hydrogen-bond acceptors (Lipinski definition) is 5. The molecule has 6 nitrogen and oxygen atoms in total. The molecule has 0 saturated heterocycles. The van der Waals surface area contributed by atoms with E-state index in [1.165, 1.54) is 11.8 Å². The molecule has 0 fully saturated rings. The molecule has 1 N–H and O–H groups in total. The van der Waals surface area contributed by atoms with Crippen LogP contribution in [0.1, 0.15) is 19.2 Å². The monoisotopic (exact) mass is 271 g/mol. The third-order valence-electron chi connectivity index (χ3n) is 2.59. The fourth-order valence-corrected chi connectivity index (χ4v) is 2.57. The molecular formula is C11H21N5OS. The van der Waals surface area contributed by atoms with Gasteiger partial charge in [-0.05, 0) is 13.5 Å². The van der Waals surface area contributed by atoms with Crippen molar-refractivity contribution in [3.05, 3.63) is 5.82 Å². The van der Waals surface area contributed by atoms with Crippen LogP contribution in [-0.2, 0) is 18.4 Å². The number of nitrogens with one attached hydrogen (secondary N) is 1. The van der Waals surface area contributed by atoms with Crippen LogP contribution in [0.5, 0.6) is 0 Å². The highest BCUT2D eigenvalue weighted by molar-refractivity contribution is 8.00. The van der Waals surface area contributed by atoms with E-state index in [-0.39, 0.29) is 11.2 Å². The minimum atomic E-state index is -0.106. The molecule has 0 aliphatic heterocycles. The zero-order valence-corrected chi connectivity index (χ0v) is 12.4. The van der Waals surface area contributed by atoms with Gasteiger partial charge in [0.05, 0.1) is 11.8 Å². The van der Waals surface area contributed by atoms with Gasteiger partial charge in [-0.15, -0.1) is 10.2 Å². The average Bonchev–Trinajstić information content (AvgIpc) is 2.68. The highest BCUT2D eigenvalue weighted by atomic mass is 32.2. The van der Waals surface area contributed by atoms with Crippen LogP contribution < -0.4 is 5.32 Å². The molecule has 1 aromatic rings. The first-order chi connectivity index (χ1) is 8.51. The van der Waals surface area contributed by atoms with Crippen molar-refractivity contribution in [1.29, 1.82) is 0 Å². The minimum absolute atomic E-state index is 0.106. The minimum Gasteiger partial charge on any atom is -0.348 e. The Morgan fingerprint density at radius 2 is 2.17 bits per heavy atom. The number of carbonyl (C=O) groups excluding carboxylic acids is 1. The molecule has 0 radical (unpaired) electrons. The molecule has 1 heterocycles. The fourth-order valence-electron chi connectivity index (χ4n) is 1.48. The van der Waals surface area contributed by atoms with Gasteiger partial charge in [0, 0.05) is 21.1 Å². The van der Waals surface area contributed by atoms with E-state index in [4.69, 9.17) is 0 Å². The Morgan fingerprint density at radius 3 is 2.67 bits per heavy atom. The van der Waals surface area contributed by atoms with E-state index in [0.717, 1.165) is 17.4 Å². The number of thioether (sulfide) groups is 1. The maximum Gasteiger partial charge on any atom is 0.235 e. The van der Waals surface area contributed by atoms with Crippen molar-refractivity contribution in [3.8, 4) is 0 Å². The molecule has 0 spiro atoms. The van der Waals surface area contributed by atoms with Crippen LogP contribution in [-0.4, -0.2) is 52.0 Å². The molecule has 0 aliphatic rings. The predicted octanol–water partition coefficient (Wildman–Crippen LogP) is 0.493. The Morgan fingerprint density at radius 1 is 1.50 bits per heavy atom. The Hall–Kier alpha value is -1.08. The standard InChI is InChI=1S/C11H21N5OS/c1-6-8(10(17)15(3)4)18-11-14-13-9(7-12-2)16(11)5/h8,12H,6-7H2,1-5H3/t8-/m1/s1. The summed E-state index contributed by atoms with van der Waals surface area (Å²) in [5.74, 6) is 0.979. The predicted molar refractivity (Wildman–Crippen MR) is 72.4 cm³/mol. The first kappa shape index (κ1) is 15.0. The number of rotatable bonds is 6. The summed E-state index contributed by atoms with van der Waals surface area (Å²) in [4.78, 5) is 13.6. The van der Waals surface area contributed by atoms with E-state index < -0.39 is 0 Å². The van der Waals surface area contributed by atoms with Crippen molar-refractivity contribution in [1.82, 2.24) is 25.0 Å². The third kappa shape index (κ3) is 3.46. The normalized spacial score (nSPS) is 12.5. The Balaban J connectivity index is 2.79. The SMILES string of the molecule is CC[C@@H](Sc1nnc(CNC)n1C)C(=O)N(C)C. The van der Waals surface area contributed by atoms with Gasteiger partial charge in [-0.1, -0.05) is 18.7 Å². The lowest BCUT2D eigenvalue weighted by Crippen LogP contribution is -2.31. The fraction of sp³-hybridized carbons (Fsp3) is 0.727. The maximum atomic E-state index is 12.0. The molecule has 0 unspecified atom stereocenters. The molecule has 7 heteroatoms. The van der Waals surface area contributed by atoms with Crippen molar-refractivity contribution in [3.63, 3.8) is 0 Å². The molecular weight excluding hydrogens is 250 g/mol. The van der Waals surface area contributed by atoms with Crippen LogP contribution in [0.3, 0.4) is 0 Å². The summed E-state index contributed by atoms with van der Waals surface area (Å²) in [5.41, 5.74) is 0. The average molecular weight is 271 g/mol. The van der Waals surface area contributed by atoms with Crippen LogP contribution in [0, 0.1) is 0 Å². The first-order valence-electron chi connectivity index (χ1n) is 5.91. The van der Waals surface area contributed by atoms with Crippen molar-refractivity contribution >= 4 is 17.7 Å². The first-order valence-corrected chi connectivity index (χ1v) is 6.79. The zero-order valence-electron chi connectivity index (χ0n) is 11.6. The van der Waals surface area contributed by atoms with Gasteiger partial charge in [0.2, 0.25) is 5.91 Å². The summed E-state index contributed by atoms with van der Waals surface area (Å²) in [7, 11) is 7.33. The van der Waals surface area contributed by atoms with E-state index in [1.807, 2.05) is 25.6 Å². The van der Waals surface area contributed by atoms with Gasteiger partial charge in [0.1, 0.15) is 5.82 Å². The molecule has 0 bridgehead atoms. The van der Waals surface area contributed by atoms with Crippen molar-refractivity contribution < 1.29 is 4.79 Å². The summed E-state index contributed by atoms with van der Waals surface area (Å²) < 4.78 is 1.92. The zero-order chi connectivity index (χ0) is 13.7. The van der Waals surface area contributed by atoms with E-state index in [0.29, 0.717) is 6.54 Å². The second-order valence-corrected chi connectivity index (χ2v) is 5.41. The van der Waals surface area contributed by atoms with Crippen molar-refractivity contribution in [2.75, 3.05) is 21.1 Å². The lowest BCUT2D eigenvalue weighted by Gasteiger charge is -2.18. The summed E-state index contributed by atoms with van der Waals surface area (Å²) in [5, 5.41) is 11.9. The smallest absolute Gasteiger partial charge is 0.235 e. The van der Waals surface area contributed by atoms with Crippen molar-refractivity contribution in [2.45, 2.75) is 30.3 Å². The molecule has 1 amide bonds. The van der Waals surface area contributed by atoms with Gasteiger partial charge in [0.15, 0.2) is 5.16 Å². The summed E-state index contributed by atoms with van der Waals surface area (Å²) >= 11 is 1.47. The quantitative estimate of drug-likeness (QED) is 0.763. The van der Waals surface area contributed by atoms with Gasteiger partial charge in [-0.3, -0.25) is 4.79 Å². The molecule has 1 rings (SSSR count). The summed E-state index contributed by atoms with van der Waals surface area (Å²) in [6.45, 7) is 2.67. The molecule has 102 valence electrons. The molecule has 1 atom stereocenters. The Kier molecular flexibility index (Phi) is 5.61. The second kappa shape index (κ2) is 6.75. The van der Waals surface area contributed by atoms with E-state index in [2.05, 4.69) is 15.5 Å². The van der Waals surface area contributed by atoms with Gasteiger partial charge in [-0.25, -0.2) is 0 Å². The number of amides is 1. The number of carbonyl (C=O) groups is 1. The Bertz CT molecular complexity index is 404. The van der Waals surface area contributed by atoms with Gasteiger partial charge >= 0.3 is 0 Å². The second-order valence-electron chi connectivity index (χ2n) is 4.24. The highest BCUT2D eigenvalue weighted by Crippen LogP contribution is 2.24. The number of hydrogen-bond donors (Lipinski definition) is 1. The van der Waals surface area contributed by atoms with Crippen LogP contribution in [0.2, 0.25) is 0 Å². The van der Waals surface area contributed by atoms with Crippen LogP contribution in [0.4, 0.5) is 0 Å². The summed E-state index contributed by atoms with van der Waals surface area (Å²) in [6.07, 6.45) is 0.774. The highest BCUT2D eigenvalue weighted by Gasteiger charge is 2.22. The number of nitrogens with zero attached hydrogens (tertiary/aromatic N) is 4. The van der Waals surface area contributed by atoms with Crippen LogP contribution in [0.15, 0.2) is 5.16 Å². The molecule has 1 aromatic heterocycles. The largest absolute Gasteiger partial charge is 0.348 e. The lowest BCUT2D eigenvalue weighted by molar-refractivity contribution is -0.128. The molecule has 0 saturated carbocycles. The Labute approximate surface area is 112 Å². The molecule has 0 aromatic carbocycles. The van der Waals surface area contributed by atoms with Crippen LogP contribution in [0.25, 0.3) is 0 Å². The van der Waals surface area contributed by atoms with Gasteiger partial charge in [-0.2, -0.15) is 0 Å². The number of aromatic nitrogens is 3. The van der Waals surface area contributed by atoms with E-state index >= 15 is 0 Å². The topological polar surface area (TPSA) is 63.1 Å². The molecule has 18 heavy (non-hydrogen) atoms. The van der Waals surface area contributed by atoms with E-state index in [9.17, 15) is 4.79 Å². The van der Waals surface area contributed by atoms with Gasteiger partial charge in [0.25, 0.3) is 0 Å². The third-order valence-corrected chi connectivity index (χ3v) is 3.98. The van der Waals surface area contributed by atoms with Gasteiger partial charge < -0.3 is 14.8 Å². The summed E-state index contributed by atoms with van der Waals surface area (Å²) in [6, 6.07) is 0. The lowest BCUT2D eigenvalue weighted by atomic mass is 10.3. The molecule has 0 aliphatic carbocycles. The van der Waals surface area contributed by atoms with Crippen LogP contribution >= 0.6 is 11.8 Å². The van der Waals surface area contributed by atoms with Crippen molar-refractivity contribution in [2.24, 2.45) is 7.05 Å².